The molecule has 1 amide bonds. The van der Waals surface area contributed by atoms with Crippen molar-refractivity contribution in [2.24, 2.45) is 0 Å². The summed E-state index contributed by atoms with van der Waals surface area (Å²) in [6.07, 6.45) is 4.77. The molecule has 2 aromatic carbocycles. The van der Waals surface area contributed by atoms with Crippen LogP contribution in [-0.4, -0.2) is 41.6 Å². The van der Waals surface area contributed by atoms with Crippen molar-refractivity contribution in [3.05, 3.63) is 59.7 Å². The average molecular weight is 367 g/mol. The minimum atomic E-state index is -0.0143. The van der Waals surface area contributed by atoms with Gasteiger partial charge in [-0.05, 0) is 55.3 Å². The summed E-state index contributed by atoms with van der Waals surface area (Å²) in [4.78, 5) is 15.2. The van der Waals surface area contributed by atoms with Crippen LogP contribution < -0.4 is 5.32 Å². The van der Waals surface area contributed by atoms with Gasteiger partial charge in [0.25, 0.3) is 5.91 Å². The molecule has 0 spiro atoms. The molecule has 3 rings (SSSR count). The number of hydrogen-bond donors (Lipinski definition) is 2. The van der Waals surface area contributed by atoms with Gasteiger partial charge in [0.15, 0.2) is 0 Å². The summed E-state index contributed by atoms with van der Waals surface area (Å²) in [5.74, 6) is -0.0143. The molecule has 27 heavy (non-hydrogen) atoms. The first-order valence-electron chi connectivity index (χ1n) is 9.88. The number of carbonyl (C=O) groups is 1. The number of rotatable bonds is 7. The number of aliphatic hydroxyl groups is 1. The zero-order valence-corrected chi connectivity index (χ0v) is 16.4. The lowest BCUT2D eigenvalue weighted by atomic mass is 9.95. The molecule has 0 heterocycles. The lowest BCUT2D eigenvalue weighted by Gasteiger charge is -2.38. The number of aliphatic hydroxyl groups excluding tert-OH is 1. The quantitative estimate of drug-likeness (QED) is 0.783. The molecule has 0 aromatic heterocycles. The van der Waals surface area contributed by atoms with Gasteiger partial charge in [-0.1, -0.05) is 56.2 Å². The number of benzene rings is 2. The SMILES string of the molecule is CCN(C)C1(CNC(=O)c2cccc(-c3ccc(CO)cc3)c2)CCCC1. The summed E-state index contributed by atoms with van der Waals surface area (Å²) in [5, 5.41) is 12.4. The van der Waals surface area contributed by atoms with Gasteiger partial charge in [-0.3, -0.25) is 9.69 Å². The van der Waals surface area contributed by atoms with E-state index >= 15 is 0 Å². The number of nitrogens with zero attached hydrogens (tertiary/aromatic N) is 1. The molecular weight excluding hydrogens is 336 g/mol. The molecule has 0 bridgehead atoms. The number of hydrogen-bond acceptors (Lipinski definition) is 3. The number of nitrogens with one attached hydrogen (secondary N) is 1. The molecule has 1 saturated carbocycles. The first kappa shape index (κ1) is 19.6. The van der Waals surface area contributed by atoms with E-state index in [0.29, 0.717) is 12.1 Å². The van der Waals surface area contributed by atoms with E-state index in [1.807, 2.05) is 48.5 Å². The Kier molecular flexibility index (Phi) is 6.30. The van der Waals surface area contributed by atoms with E-state index in [9.17, 15) is 9.90 Å². The van der Waals surface area contributed by atoms with Crippen molar-refractivity contribution in [3.63, 3.8) is 0 Å². The maximum Gasteiger partial charge on any atom is 0.251 e. The third kappa shape index (κ3) is 4.40. The van der Waals surface area contributed by atoms with Gasteiger partial charge in [-0.25, -0.2) is 0 Å². The molecule has 4 nitrogen and oxygen atoms in total. The van der Waals surface area contributed by atoms with Crippen LogP contribution in [0.25, 0.3) is 11.1 Å². The first-order chi connectivity index (χ1) is 13.1. The summed E-state index contributed by atoms with van der Waals surface area (Å²) in [7, 11) is 2.16. The Hall–Kier alpha value is -2.17. The fourth-order valence-electron chi connectivity index (χ4n) is 4.05. The molecule has 2 aromatic rings. The highest BCUT2D eigenvalue weighted by atomic mass is 16.3. The highest BCUT2D eigenvalue weighted by Crippen LogP contribution is 2.34. The Morgan fingerprint density at radius 1 is 1.11 bits per heavy atom. The number of carbonyl (C=O) groups excluding carboxylic acids is 1. The van der Waals surface area contributed by atoms with Gasteiger partial charge in [0.2, 0.25) is 0 Å². The van der Waals surface area contributed by atoms with E-state index in [1.54, 1.807) is 0 Å². The van der Waals surface area contributed by atoms with Crippen molar-refractivity contribution in [2.75, 3.05) is 20.1 Å². The highest BCUT2D eigenvalue weighted by Gasteiger charge is 2.37. The normalized spacial score (nSPS) is 15.9. The zero-order chi connectivity index (χ0) is 19.3. The van der Waals surface area contributed by atoms with Gasteiger partial charge in [-0.15, -0.1) is 0 Å². The minimum Gasteiger partial charge on any atom is -0.392 e. The topological polar surface area (TPSA) is 52.6 Å². The molecule has 1 aliphatic rings. The molecule has 0 radical (unpaired) electrons. The van der Waals surface area contributed by atoms with Crippen LogP contribution in [0.2, 0.25) is 0 Å². The van der Waals surface area contributed by atoms with E-state index in [1.165, 1.54) is 12.8 Å². The lowest BCUT2D eigenvalue weighted by Crippen LogP contribution is -2.52. The summed E-state index contributed by atoms with van der Waals surface area (Å²) in [5.41, 5.74) is 3.72. The summed E-state index contributed by atoms with van der Waals surface area (Å²) < 4.78 is 0. The van der Waals surface area contributed by atoms with Crippen LogP contribution in [-0.2, 0) is 6.61 Å². The van der Waals surface area contributed by atoms with Gasteiger partial charge < -0.3 is 10.4 Å². The zero-order valence-electron chi connectivity index (χ0n) is 16.4. The molecule has 0 saturated heterocycles. The van der Waals surface area contributed by atoms with Crippen molar-refractivity contribution in [1.29, 1.82) is 0 Å². The van der Waals surface area contributed by atoms with Gasteiger partial charge in [0.1, 0.15) is 0 Å². The van der Waals surface area contributed by atoms with Crippen LogP contribution >= 0.6 is 0 Å². The van der Waals surface area contributed by atoms with Crippen LogP contribution in [0.1, 0.15) is 48.5 Å². The van der Waals surface area contributed by atoms with Crippen molar-refractivity contribution < 1.29 is 9.90 Å². The third-order valence-electron chi connectivity index (χ3n) is 5.99. The Labute approximate surface area is 162 Å². The Morgan fingerprint density at radius 3 is 2.44 bits per heavy atom. The smallest absolute Gasteiger partial charge is 0.251 e. The standard InChI is InChI=1S/C23H30N2O2/c1-3-25(2)23(13-4-5-14-23)17-24-22(27)21-8-6-7-20(15-21)19-11-9-18(16-26)10-12-19/h6-12,15,26H,3-5,13-14,16-17H2,1-2H3,(H,24,27). The molecule has 144 valence electrons. The molecule has 1 fully saturated rings. The van der Waals surface area contributed by atoms with E-state index < -0.39 is 0 Å². The molecule has 0 unspecified atom stereocenters. The molecule has 2 N–H and O–H groups in total. The van der Waals surface area contributed by atoms with Crippen molar-refractivity contribution in [1.82, 2.24) is 10.2 Å². The van der Waals surface area contributed by atoms with E-state index in [2.05, 4.69) is 24.2 Å². The fourth-order valence-corrected chi connectivity index (χ4v) is 4.05. The molecule has 4 heteroatoms. The summed E-state index contributed by atoms with van der Waals surface area (Å²) in [6.45, 7) is 3.91. The van der Waals surface area contributed by atoms with Crippen LogP contribution in [0.15, 0.2) is 48.5 Å². The largest absolute Gasteiger partial charge is 0.392 e. The van der Waals surface area contributed by atoms with Gasteiger partial charge in [0.05, 0.1) is 6.61 Å². The van der Waals surface area contributed by atoms with Crippen molar-refractivity contribution in [2.45, 2.75) is 44.8 Å². The molecular formula is C23H30N2O2. The summed E-state index contributed by atoms with van der Waals surface area (Å²) >= 11 is 0. The number of likely N-dealkylation sites (N-methyl/N-ethyl adjacent to an activating group) is 1. The van der Waals surface area contributed by atoms with Crippen molar-refractivity contribution in [3.8, 4) is 11.1 Å². The fraction of sp³-hybridized carbons (Fsp3) is 0.435. The summed E-state index contributed by atoms with van der Waals surface area (Å²) in [6, 6.07) is 15.5. The Bertz CT molecular complexity index is 764. The second-order valence-electron chi connectivity index (χ2n) is 7.56. The Balaban J connectivity index is 1.71. The van der Waals surface area contributed by atoms with E-state index in [-0.39, 0.29) is 18.1 Å². The third-order valence-corrected chi connectivity index (χ3v) is 5.99. The van der Waals surface area contributed by atoms with Gasteiger partial charge in [-0.2, -0.15) is 0 Å². The predicted molar refractivity (Wildman–Crippen MR) is 110 cm³/mol. The van der Waals surface area contributed by atoms with Gasteiger partial charge in [0, 0.05) is 17.6 Å². The maximum absolute atomic E-state index is 12.8. The van der Waals surface area contributed by atoms with E-state index in [0.717, 1.165) is 36.1 Å². The van der Waals surface area contributed by atoms with Crippen molar-refractivity contribution >= 4 is 5.91 Å². The first-order valence-corrected chi connectivity index (χ1v) is 9.88. The highest BCUT2D eigenvalue weighted by molar-refractivity contribution is 5.95. The lowest BCUT2D eigenvalue weighted by molar-refractivity contribution is 0.0874. The minimum absolute atomic E-state index is 0.0143. The second kappa shape index (κ2) is 8.68. The van der Waals surface area contributed by atoms with Gasteiger partial charge >= 0.3 is 0 Å². The molecule has 0 aliphatic heterocycles. The monoisotopic (exact) mass is 366 g/mol. The Morgan fingerprint density at radius 2 is 1.81 bits per heavy atom. The molecule has 1 aliphatic carbocycles. The van der Waals surface area contributed by atoms with Crippen LogP contribution in [0.4, 0.5) is 0 Å². The maximum atomic E-state index is 12.8. The molecule has 0 atom stereocenters. The van der Waals surface area contributed by atoms with Crippen LogP contribution in [0.3, 0.4) is 0 Å². The van der Waals surface area contributed by atoms with Crippen LogP contribution in [0.5, 0.6) is 0 Å². The number of amides is 1. The van der Waals surface area contributed by atoms with Crippen LogP contribution in [0, 0.1) is 0 Å². The second-order valence-corrected chi connectivity index (χ2v) is 7.56. The predicted octanol–water partition coefficient (Wildman–Crippen LogP) is 3.84. The van der Waals surface area contributed by atoms with E-state index in [4.69, 9.17) is 0 Å². The average Bonchev–Trinajstić information content (AvgIpc) is 3.22.